The second kappa shape index (κ2) is 8.91. The van der Waals surface area contributed by atoms with Gasteiger partial charge in [-0.25, -0.2) is 4.98 Å². The number of aryl methyl sites for hydroxylation is 1. The predicted molar refractivity (Wildman–Crippen MR) is 134 cm³/mol. The van der Waals surface area contributed by atoms with E-state index in [-0.39, 0.29) is 23.8 Å². The molecule has 1 unspecified atom stereocenters. The number of rotatable bonds is 8. The number of anilines is 3. The summed E-state index contributed by atoms with van der Waals surface area (Å²) in [5.41, 5.74) is 2.75. The lowest BCUT2D eigenvalue weighted by Crippen LogP contribution is -2.28. The van der Waals surface area contributed by atoms with E-state index in [1.807, 2.05) is 42.7 Å². The molecule has 0 radical (unpaired) electrons. The molecule has 34 heavy (non-hydrogen) atoms. The summed E-state index contributed by atoms with van der Waals surface area (Å²) in [6, 6.07) is 10.2. The van der Waals surface area contributed by atoms with Crippen LogP contribution < -0.4 is 16.0 Å². The zero-order valence-electron chi connectivity index (χ0n) is 19.0. The Morgan fingerprint density at radius 1 is 1.09 bits per heavy atom. The highest BCUT2D eigenvalue weighted by molar-refractivity contribution is 7.17. The van der Waals surface area contributed by atoms with Gasteiger partial charge in [-0.15, -0.1) is 11.3 Å². The molecule has 0 saturated heterocycles. The van der Waals surface area contributed by atoms with Gasteiger partial charge in [-0.3, -0.25) is 9.59 Å². The fourth-order valence-electron chi connectivity index (χ4n) is 4.69. The van der Waals surface area contributed by atoms with Crippen molar-refractivity contribution >= 4 is 39.8 Å². The van der Waals surface area contributed by atoms with E-state index in [1.54, 1.807) is 11.3 Å². The maximum Gasteiger partial charge on any atom is 0.254 e. The Labute approximate surface area is 203 Å². The molecule has 176 valence electrons. The summed E-state index contributed by atoms with van der Waals surface area (Å²) >= 11 is 1.59. The molecule has 0 spiro atoms. The van der Waals surface area contributed by atoms with Crippen molar-refractivity contribution in [2.45, 2.75) is 51.0 Å². The normalized spacial score (nSPS) is 19.4. The van der Waals surface area contributed by atoms with E-state index in [0.717, 1.165) is 60.8 Å². The van der Waals surface area contributed by atoms with E-state index in [9.17, 15) is 9.59 Å². The van der Waals surface area contributed by atoms with Crippen molar-refractivity contribution in [3.63, 3.8) is 0 Å². The van der Waals surface area contributed by atoms with Crippen molar-refractivity contribution in [3.8, 4) is 0 Å². The average Bonchev–Trinajstić information content (AvgIpc) is 3.77. The molecule has 3 aliphatic carbocycles. The van der Waals surface area contributed by atoms with Crippen molar-refractivity contribution in [1.82, 2.24) is 14.9 Å². The van der Waals surface area contributed by atoms with Crippen LogP contribution in [-0.4, -0.2) is 27.9 Å². The van der Waals surface area contributed by atoms with Gasteiger partial charge in [0.15, 0.2) is 0 Å². The maximum absolute atomic E-state index is 13.3. The number of nitrogens with one attached hydrogen (secondary N) is 3. The third kappa shape index (κ3) is 4.46. The van der Waals surface area contributed by atoms with Gasteiger partial charge in [0, 0.05) is 41.5 Å². The van der Waals surface area contributed by atoms with Gasteiger partial charge in [0.2, 0.25) is 11.9 Å². The highest BCUT2D eigenvalue weighted by Crippen LogP contribution is 2.43. The van der Waals surface area contributed by atoms with Crippen LogP contribution in [0.3, 0.4) is 0 Å². The third-order valence-electron chi connectivity index (χ3n) is 6.99. The second-order valence-electron chi connectivity index (χ2n) is 9.67. The smallest absolute Gasteiger partial charge is 0.254 e. The minimum atomic E-state index is -0.0515. The molecule has 0 aliphatic heterocycles. The molecule has 2 amide bonds. The van der Waals surface area contributed by atoms with Gasteiger partial charge in [0.25, 0.3) is 5.91 Å². The zero-order chi connectivity index (χ0) is 23.1. The minimum absolute atomic E-state index is 0.0512. The van der Waals surface area contributed by atoms with Crippen LogP contribution >= 0.6 is 11.3 Å². The fraction of sp³-hybridized carbons (Fsp3) is 0.423. The van der Waals surface area contributed by atoms with Gasteiger partial charge in [0.05, 0.1) is 5.56 Å². The average molecular weight is 476 g/mol. The highest BCUT2D eigenvalue weighted by Gasteiger charge is 2.35. The molecule has 3 aromatic rings. The van der Waals surface area contributed by atoms with E-state index < -0.39 is 0 Å². The molecule has 2 aromatic heterocycles. The molecule has 0 bridgehead atoms. The van der Waals surface area contributed by atoms with Crippen LogP contribution in [0.15, 0.2) is 42.7 Å². The van der Waals surface area contributed by atoms with E-state index in [0.29, 0.717) is 11.5 Å². The lowest BCUT2D eigenvalue weighted by molar-refractivity contribution is -0.117. The van der Waals surface area contributed by atoms with E-state index >= 15 is 0 Å². The lowest BCUT2D eigenvalue weighted by Gasteiger charge is -2.26. The number of benzene rings is 1. The van der Waals surface area contributed by atoms with Gasteiger partial charge < -0.3 is 20.5 Å². The van der Waals surface area contributed by atoms with Gasteiger partial charge in [-0.2, -0.15) is 0 Å². The van der Waals surface area contributed by atoms with E-state index in [2.05, 4.69) is 25.5 Å². The van der Waals surface area contributed by atoms with Gasteiger partial charge in [0.1, 0.15) is 5.00 Å². The first-order valence-corrected chi connectivity index (χ1v) is 13.1. The quantitative estimate of drug-likeness (QED) is 0.432. The summed E-state index contributed by atoms with van der Waals surface area (Å²) in [7, 11) is 0. The molecule has 1 aromatic carbocycles. The number of amides is 2. The monoisotopic (exact) mass is 475 g/mol. The summed E-state index contributed by atoms with van der Waals surface area (Å²) in [5, 5.41) is 10.4. The molecule has 2 heterocycles. The Bertz CT molecular complexity index is 1210. The number of carbonyl (C=O) groups excluding carboxylic acids is 2. The standard InChI is InChI=1S/C26H29N5O2S/c32-23(17-8-9-17)30-25-22(24(33)28-15-16-6-7-16)20-14-19(10-11-21(20)34-25)31-13-12-27-26(31)29-18-4-2-1-3-5-18/h1-5,12-13,16-17,19H,6-11,14-15H2,(H,27,29)(H,28,33)(H,30,32). The number of imidazole rings is 1. The van der Waals surface area contributed by atoms with Crippen molar-refractivity contribution in [2.75, 3.05) is 17.2 Å². The second-order valence-corrected chi connectivity index (χ2v) is 10.8. The molecular formula is C26H29N5O2S. The van der Waals surface area contributed by atoms with Crippen LogP contribution in [0, 0.1) is 11.8 Å². The molecule has 1 atom stereocenters. The van der Waals surface area contributed by atoms with Gasteiger partial charge in [-0.1, -0.05) is 18.2 Å². The summed E-state index contributed by atoms with van der Waals surface area (Å²) in [5.74, 6) is 1.51. The van der Waals surface area contributed by atoms with Crippen molar-refractivity contribution in [3.05, 3.63) is 58.7 Å². The summed E-state index contributed by atoms with van der Waals surface area (Å²) in [6.45, 7) is 0.718. The Morgan fingerprint density at radius 2 is 1.91 bits per heavy atom. The van der Waals surface area contributed by atoms with E-state index in [4.69, 9.17) is 0 Å². The number of hydrogen-bond acceptors (Lipinski definition) is 5. The summed E-state index contributed by atoms with van der Waals surface area (Å²) in [6.07, 6.45) is 10.7. The Morgan fingerprint density at radius 3 is 2.68 bits per heavy atom. The number of thiophene rings is 1. The largest absolute Gasteiger partial charge is 0.352 e. The first kappa shape index (κ1) is 21.4. The zero-order valence-corrected chi connectivity index (χ0v) is 19.9. The van der Waals surface area contributed by atoms with Crippen molar-refractivity contribution in [2.24, 2.45) is 11.8 Å². The predicted octanol–water partition coefficient (Wildman–Crippen LogP) is 4.91. The lowest BCUT2D eigenvalue weighted by atomic mass is 9.91. The van der Waals surface area contributed by atoms with Crippen LogP contribution in [0.25, 0.3) is 0 Å². The number of aromatic nitrogens is 2. The third-order valence-corrected chi connectivity index (χ3v) is 8.19. The van der Waals surface area contributed by atoms with Crippen LogP contribution in [0.2, 0.25) is 0 Å². The number of para-hydroxylation sites is 1. The van der Waals surface area contributed by atoms with E-state index in [1.165, 1.54) is 17.7 Å². The molecule has 3 aliphatic rings. The summed E-state index contributed by atoms with van der Waals surface area (Å²) < 4.78 is 2.18. The minimum Gasteiger partial charge on any atom is -0.352 e. The number of nitrogens with zero attached hydrogens (tertiary/aromatic N) is 2. The van der Waals surface area contributed by atoms with Crippen molar-refractivity contribution in [1.29, 1.82) is 0 Å². The molecule has 7 nitrogen and oxygen atoms in total. The molecular weight excluding hydrogens is 446 g/mol. The van der Waals surface area contributed by atoms with Crippen LogP contribution in [0.5, 0.6) is 0 Å². The van der Waals surface area contributed by atoms with Gasteiger partial charge >= 0.3 is 0 Å². The molecule has 8 heteroatoms. The Balaban J connectivity index is 1.27. The first-order chi connectivity index (χ1) is 16.7. The number of carbonyl (C=O) groups is 2. The molecule has 2 saturated carbocycles. The van der Waals surface area contributed by atoms with Crippen LogP contribution in [0.4, 0.5) is 16.6 Å². The molecule has 6 rings (SSSR count). The van der Waals surface area contributed by atoms with Gasteiger partial charge in [-0.05, 0) is 68.6 Å². The van der Waals surface area contributed by atoms with Crippen LogP contribution in [0.1, 0.15) is 58.9 Å². The topological polar surface area (TPSA) is 88.1 Å². The number of hydrogen-bond donors (Lipinski definition) is 3. The Hall–Kier alpha value is -3.13. The SMILES string of the molecule is O=C(NCC1CC1)c1c(NC(=O)C2CC2)sc2c1CC(n1ccnc1Nc1ccccc1)CC2. The van der Waals surface area contributed by atoms with Crippen molar-refractivity contribution < 1.29 is 9.59 Å². The Kier molecular flexibility index (Phi) is 5.61. The fourth-order valence-corrected chi connectivity index (χ4v) is 5.94. The number of fused-ring (bicyclic) bond motifs is 1. The maximum atomic E-state index is 13.3. The summed E-state index contributed by atoms with van der Waals surface area (Å²) in [4.78, 5) is 31.6. The highest BCUT2D eigenvalue weighted by atomic mass is 32.1. The molecule has 3 N–H and O–H groups in total. The first-order valence-electron chi connectivity index (χ1n) is 12.2. The molecule has 2 fully saturated rings. The van der Waals surface area contributed by atoms with Crippen LogP contribution in [-0.2, 0) is 17.6 Å².